The molecule has 0 aromatic heterocycles. The summed E-state index contributed by atoms with van der Waals surface area (Å²) < 4.78 is 43.8. The Morgan fingerprint density at radius 2 is 1.82 bits per heavy atom. The lowest BCUT2D eigenvalue weighted by atomic mass is 9.97. The number of ether oxygens (including phenoxy) is 3. The lowest BCUT2D eigenvalue weighted by molar-refractivity contribution is -0.156. The largest absolute Gasteiger partial charge is 0.489 e. The number of carbonyl (C=O) groups is 2. The molecule has 9 nitrogen and oxygen atoms in total. The van der Waals surface area contributed by atoms with E-state index in [0.717, 1.165) is 6.26 Å². The first kappa shape index (κ1) is 24.0. The number of hydrogen-bond acceptors (Lipinski definition) is 8. The molecular weight excluding hydrogens is 390 g/mol. The maximum Gasteiger partial charge on any atom is 0.412 e. The van der Waals surface area contributed by atoms with E-state index < -0.39 is 45.4 Å². The summed E-state index contributed by atoms with van der Waals surface area (Å²) in [5.74, 6) is -0.503. The number of allylic oxidation sites excluding steroid dienone is 1. The van der Waals surface area contributed by atoms with Crippen LogP contribution in [0.15, 0.2) is 24.1 Å². The number of alkyl carbamates (subject to hydrolysis) is 1. The van der Waals surface area contributed by atoms with E-state index in [0.29, 0.717) is 5.70 Å². The third kappa shape index (κ3) is 9.23. The zero-order valence-electron chi connectivity index (χ0n) is 17.3. The summed E-state index contributed by atoms with van der Waals surface area (Å²) in [5, 5.41) is 2.50. The smallest absolute Gasteiger partial charge is 0.412 e. The van der Waals surface area contributed by atoms with E-state index in [1.165, 1.54) is 18.4 Å². The molecule has 1 N–H and O–H groups in total. The van der Waals surface area contributed by atoms with E-state index in [2.05, 4.69) is 5.32 Å². The van der Waals surface area contributed by atoms with Crippen LogP contribution in [-0.4, -0.2) is 51.2 Å². The molecule has 1 rings (SSSR count). The number of rotatable bonds is 6. The second-order valence-electron chi connectivity index (χ2n) is 8.35. The van der Waals surface area contributed by atoms with Crippen molar-refractivity contribution >= 4 is 22.2 Å². The zero-order chi connectivity index (χ0) is 21.8. The second kappa shape index (κ2) is 8.95. The predicted molar refractivity (Wildman–Crippen MR) is 102 cm³/mol. The molecule has 0 fully saturated rings. The third-order valence-corrected chi connectivity index (χ3v) is 3.72. The first-order valence-corrected chi connectivity index (χ1v) is 10.5. The van der Waals surface area contributed by atoms with Gasteiger partial charge in [0.25, 0.3) is 10.1 Å². The average molecular weight is 419 g/mol. The van der Waals surface area contributed by atoms with Crippen molar-refractivity contribution in [2.45, 2.75) is 59.4 Å². The summed E-state index contributed by atoms with van der Waals surface area (Å²) in [6.45, 7) is 9.91. The van der Waals surface area contributed by atoms with Gasteiger partial charge in [-0.1, -0.05) is 0 Å². The van der Waals surface area contributed by atoms with Crippen LogP contribution in [-0.2, 0) is 33.3 Å². The Balaban J connectivity index is 2.75. The Morgan fingerprint density at radius 3 is 2.25 bits per heavy atom. The van der Waals surface area contributed by atoms with Crippen LogP contribution in [0, 0.1) is 5.41 Å². The molecular formula is C18H29NO8S. The van der Waals surface area contributed by atoms with Gasteiger partial charge in [-0.2, -0.15) is 8.42 Å². The van der Waals surface area contributed by atoms with E-state index in [4.69, 9.17) is 18.4 Å². The highest BCUT2D eigenvalue weighted by molar-refractivity contribution is 7.86. The van der Waals surface area contributed by atoms with Gasteiger partial charge in [0.15, 0.2) is 6.10 Å². The lowest BCUT2D eigenvalue weighted by Crippen LogP contribution is -2.39. The molecule has 1 aliphatic heterocycles. The molecule has 1 heterocycles. The molecule has 0 radical (unpaired) electrons. The molecule has 1 amide bonds. The highest BCUT2D eigenvalue weighted by Crippen LogP contribution is 2.19. The van der Waals surface area contributed by atoms with Crippen molar-refractivity contribution in [3.63, 3.8) is 0 Å². The summed E-state index contributed by atoms with van der Waals surface area (Å²) in [6.07, 6.45) is 2.55. The van der Waals surface area contributed by atoms with Crippen molar-refractivity contribution in [2.24, 2.45) is 5.41 Å². The van der Waals surface area contributed by atoms with Crippen LogP contribution < -0.4 is 5.32 Å². The fourth-order valence-electron chi connectivity index (χ4n) is 1.92. The Kier molecular flexibility index (Phi) is 7.66. The standard InChI is InChI=1S/C18H29NO8S/c1-17(2,3)15(20)25-11-14(27-28(7,22)23)13-9-8-12(10-24-13)19-16(21)26-18(4,5)6/h8-10,13-14H,11H2,1-7H3,(H,19,21)/t13?,14-/m1/s1. The highest BCUT2D eigenvalue weighted by atomic mass is 32.2. The minimum atomic E-state index is -3.82. The molecule has 10 heteroatoms. The maximum absolute atomic E-state index is 11.9. The number of amides is 1. The zero-order valence-corrected chi connectivity index (χ0v) is 18.1. The van der Waals surface area contributed by atoms with Crippen molar-refractivity contribution in [3.05, 3.63) is 24.1 Å². The number of hydrogen-bond donors (Lipinski definition) is 1. The van der Waals surface area contributed by atoms with Gasteiger partial charge in [0, 0.05) is 0 Å². The topological polar surface area (TPSA) is 117 Å². The van der Waals surface area contributed by atoms with Crippen molar-refractivity contribution in [1.29, 1.82) is 0 Å². The van der Waals surface area contributed by atoms with Gasteiger partial charge < -0.3 is 14.2 Å². The molecule has 28 heavy (non-hydrogen) atoms. The van der Waals surface area contributed by atoms with Gasteiger partial charge in [-0.25, -0.2) is 4.79 Å². The molecule has 0 saturated carbocycles. The fourth-order valence-corrected chi connectivity index (χ4v) is 2.53. The summed E-state index contributed by atoms with van der Waals surface area (Å²) in [4.78, 5) is 23.7. The summed E-state index contributed by atoms with van der Waals surface area (Å²) in [7, 11) is -3.82. The summed E-state index contributed by atoms with van der Waals surface area (Å²) in [6, 6.07) is 0. The van der Waals surface area contributed by atoms with Crippen LogP contribution in [0.5, 0.6) is 0 Å². The Morgan fingerprint density at radius 1 is 1.21 bits per heavy atom. The van der Waals surface area contributed by atoms with Crippen molar-refractivity contribution in [3.8, 4) is 0 Å². The van der Waals surface area contributed by atoms with Crippen LogP contribution in [0.3, 0.4) is 0 Å². The molecule has 2 atom stereocenters. The molecule has 160 valence electrons. The summed E-state index contributed by atoms with van der Waals surface area (Å²) >= 11 is 0. The first-order valence-electron chi connectivity index (χ1n) is 8.66. The number of esters is 1. The minimum absolute atomic E-state index is 0.315. The van der Waals surface area contributed by atoms with Gasteiger partial charge in [-0.15, -0.1) is 0 Å². The van der Waals surface area contributed by atoms with Gasteiger partial charge in [0.1, 0.15) is 24.6 Å². The van der Waals surface area contributed by atoms with E-state index in [1.807, 2.05) is 0 Å². The lowest BCUT2D eigenvalue weighted by Gasteiger charge is -2.27. The molecule has 0 aromatic carbocycles. The predicted octanol–water partition coefficient (Wildman–Crippen LogP) is 2.24. The Labute approximate surface area is 166 Å². The van der Waals surface area contributed by atoms with Gasteiger partial charge in [0.2, 0.25) is 0 Å². The van der Waals surface area contributed by atoms with Crippen LogP contribution in [0.25, 0.3) is 0 Å². The first-order chi connectivity index (χ1) is 12.6. The molecule has 0 aliphatic carbocycles. The normalized spacial score (nSPS) is 18.5. The Hall–Kier alpha value is -2.07. The molecule has 1 aliphatic rings. The number of carbonyl (C=O) groups excluding carboxylic acids is 2. The number of nitrogens with one attached hydrogen (secondary N) is 1. The second-order valence-corrected chi connectivity index (χ2v) is 9.95. The molecule has 0 aromatic rings. The quantitative estimate of drug-likeness (QED) is 0.514. The third-order valence-electron chi connectivity index (χ3n) is 3.12. The van der Waals surface area contributed by atoms with E-state index in [-0.39, 0.29) is 6.61 Å². The van der Waals surface area contributed by atoms with Crippen LogP contribution >= 0.6 is 0 Å². The van der Waals surface area contributed by atoms with E-state index in [1.54, 1.807) is 41.5 Å². The van der Waals surface area contributed by atoms with E-state index in [9.17, 15) is 18.0 Å². The monoisotopic (exact) mass is 419 g/mol. The van der Waals surface area contributed by atoms with Crippen LogP contribution in [0.1, 0.15) is 41.5 Å². The van der Waals surface area contributed by atoms with Gasteiger partial charge in [-0.05, 0) is 53.7 Å². The highest BCUT2D eigenvalue weighted by Gasteiger charge is 2.31. The Bertz CT molecular complexity index is 741. The van der Waals surface area contributed by atoms with Gasteiger partial charge in [-0.3, -0.25) is 14.3 Å². The molecule has 1 unspecified atom stereocenters. The maximum atomic E-state index is 11.9. The average Bonchev–Trinajstić information content (AvgIpc) is 2.48. The van der Waals surface area contributed by atoms with Crippen LogP contribution in [0.2, 0.25) is 0 Å². The minimum Gasteiger partial charge on any atom is -0.489 e. The SMILES string of the molecule is CC(C)(C)OC(=O)NC1=COC([C@@H](COC(=O)C(C)(C)C)OS(C)(=O)=O)C=C1. The van der Waals surface area contributed by atoms with Crippen molar-refractivity contribution < 1.29 is 36.4 Å². The van der Waals surface area contributed by atoms with Gasteiger partial charge >= 0.3 is 12.1 Å². The summed E-state index contributed by atoms with van der Waals surface area (Å²) in [5.41, 5.74) is -1.09. The molecule has 0 bridgehead atoms. The van der Waals surface area contributed by atoms with Crippen molar-refractivity contribution in [2.75, 3.05) is 12.9 Å². The van der Waals surface area contributed by atoms with Gasteiger partial charge in [0.05, 0.1) is 17.4 Å². The van der Waals surface area contributed by atoms with Crippen molar-refractivity contribution in [1.82, 2.24) is 5.32 Å². The van der Waals surface area contributed by atoms with Crippen LogP contribution in [0.4, 0.5) is 4.79 Å². The van der Waals surface area contributed by atoms with E-state index >= 15 is 0 Å². The molecule has 0 spiro atoms. The molecule has 0 saturated heterocycles. The fraction of sp³-hybridized carbons (Fsp3) is 0.667.